The molecule has 4 nitrogen and oxygen atoms in total. The van der Waals surface area contributed by atoms with E-state index in [0.717, 1.165) is 12.0 Å². The highest BCUT2D eigenvalue weighted by molar-refractivity contribution is 5.91. The van der Waals surface area contributed by atoms with Crippen molar-refractivity contribution in [1.29, 1.82) is 5.26 Å². The van der Waals surface area contributed by atoms with E-state index in [9.17, 15) is 9.18 Å². The first-order valence-electron chi connectivity index (χ1n) is 10.9. The van der Waals surface area contributed by atoms with E-state index in [2.05, 4.69) is 19.1 Å². The highest BCUT2D eigenvalue weighted by Crippen LogP contribution is 2.32. The van der Waals surface area contributed by atoms with Crippen molar-refractivity contribution in [2.45, 2.75) is 45.4 Å². The third kappa shape index (κ3) is 6.68. The van der Waals surface area contributed by atoms with Gasteiger partial charge in [-0.1, -0.05) is 31.9 Å². The summed E-state index contributed by atoms with van der Waals surface area (Å²) in [6, 6.07) is 12.0. The molecule has 0 atom stereocenters. The molecule has 0 saturated heterocycles. The molecule has 31 heavy (non-hydrogen) atoms. The first kappa shape index (κ1) is 22.6. The zero-order valence-corrected chi connectivity index (χ0v) is 17.9. The van der Waals surface area contributed by atoms with Crippen LogP contribution in [0.4, 0.5) is 4.39 Å². The lowest BCUT2D eigenvalue weighted by atomic mass is 9.80. The van der Waals surface area contributed by atoms with Crippen molar-refractivity contribution in [3.63, 3.8) is 0 Å². The van der Waals surface area contributed by atoms with Gasteiger partial charge in [0.15, 0.2) is 0 Å². The number of nitriles is 1. The second kappa shape index (κ2) is 11.3. The van der Waals surface area contributed by atoms with E-state index in [0.29, 0.717) is 23.8 Å². The summed E-state index contributed by atoms with van der Waals surface area (Å²) < 4.78 is 24.5. The minimum Gasteiger partial charge on any atom is -0.490 e. The molecular weight excluding hydrogens is 393 g/mol. The minimum atomic E-state index is -0.724. The number of halogens is 1. The lowest BCUT2D eigenvalue weighted by Crippen LogP contribution is -2.13. The number of hydrogen-bond acceptors (Lipinski definition) is 4. The molecule has 3 rings (SSSR count). The van der Waals surface area contributed by atoms with E-state index in [4.69, 9.17) is 14.7 Å². The second-order valence-corrected chi connectivity index (χ2v) is 7.98. The first-order valence-corrected chi connectivity index (χ1v) is 10.9. The fourth-order valence-corrected chi connectivity index (χ4v) is 3.97. The van der Waals surface area contributed by atoms with Gasteiger partial charge in [0.2, 0.25) is 0 Å². The van der Waals surface area contributed by atoms with Gasteiger partial charge >= 0.3 is 5.97 Å². The van der Waals surface area contributed by atoms with Crippen LogP contribution in [0.1, 0.15) is 61.4 Å². The highest BCUT2D eigenvalue weighted by Gasteiger charge is 2.18. The van der Waals surface area contributed by atoms with Crippen LogP contribution < -0.4 is 9.47 Å². The van der Waals surface area contributed by atoms with Crippen LogP contribution in [0, 0.1) is 29.0 Å². The van der Waals surface area contributed by atoms with E-state index in [1.807, 2.05) is 0 Å². The third-order valence-electron chi connectivity index (χ3n) is 5.70. The standard InChI is InChI=1S/C26H28FNO3/c1-2-4-19-6-8-20(9-7-19)5-3-16-30-23-13-10-21(11-14-23)26(29)31-24-15-12-22(18-28)25(27)17-24/h3,5,10-15,17,19-20H,2,4,6-9,16H2,1H3/t19-,20-. The molecule has 1 saturated carbocycles. The van der Waals surface area contributed by atoms with Crippen LogP contribution in [0.25, 0.3) is 0 Å². The summed E-state index contributed by atoms with van der Waals surface area (Å²) in [7, 11) is 0. The lowest BCUT2D eigenvalue weighted by Gasteiger charge is -2.26. The van der Waals surface area contributed by atoms with E-state index in [1.54, 1.807) is 30.3 Å². The molecule has 2 aromatic rings. The van der Waals surface area contributed by atoms with E-state index in [-0.39, 0.29) is 11.3 Å². The minimum absolute atomic E-state index is 0.0516. The summed E-state index contributed by atoms with van der Waals surface area (Å²) in [6.45, 7) is 2.75. The molecule has 0 amide bonds. The van der Waals surface area contributed by atoms with Crippen molar-refractivity contribution >= 4 is 5.97 Å². The Balaban J connectivity index is 1.44. The Labute approximate surface area is 183 Å². The van der Waals surface area contributed by atoms with Crippen molar-refractivity contribution in [3.8, 4) is 17.6 Å². The Morgan fingerprint density at radius 2 is 1.84 bits per heavy atom. The molecular formula is C26H28FNO3. The van der Waals surface area contributed by atoms with Crippen molar-refractivity contribution in [2.24, 2.45) is 11.8 Å². The Morgan fingerprint density at radius 3 is 2.48 bits per heavy atom. The maximum atomic E-state index is 13.6. The smallest absolute Gasteiger partial charge is 0.343 e. The summed E-state index contributed by atoms with van der Waals surface area (Å²) in [5.41, 5.74) is 0.232. The van der Waals surface area contributed by atoms with Gasteiger partial charge < -0.3 is 9.47 Å². The summed E-state index contributed by atoms with van der Waals surface area (Å²) in [5.74, 6) is 0.953. The predicted octanol–water partition coefficient (Wildman–Crippen LogP) is 6.46. The molecule has 0 heterocycles. The molecule has 0 radical (unpaired) electrons. The van der Waals surface area contributed by atoms with Gasteiger partial charge in [0, 0.05) is 6.07 Å². The fourth-order valence-electron chi connectivity index (χ4n) is 3.97. The predicted molar refractivity (Wildman–Crippen MR) is 118 cm³/mol. The van der Waals surface area contributed by atoms with Crippen molar-refractivity contribution in [2.75, 3.05) is 6.61 Å². The number of ether oxygens (including phenoxy) is 2. The van der Waals surface area contributed by atoms with Gasteiger partial charge in [-0.3, -0.25) is 0 Å². The zero-order chi connectivity index (χ0) is 22.1. The van der Waals surface area contributed by atoms with E-state index in [1.165, 1.54) is 50.7 Å². The average Bonchev–Trinajstić information content (AvgIpc) is 2.78. The van der Waals surface area contributed by atoms with E-state index < -0.39 is 11.8 Å². The summed E-state index contributed by atoms with van der Waals surface area (Å²) >= 11 is 0. The van der Waals surface area contributed by atoms with Crippen molar-refractivity contribution < 1.29 is 18.7 Å². The Hall–Kier alpha value is -3.13. The van der Waals surface area contributed by atoms with Gasteiger partial charge in [-0.25, -0.2) is 9.18 Å². The van der Waals surface area contributed by atoms with Gasteiger partial charge in [0.1, 0.15) is 30.0 Å². The fraction of sp³-hybridized carbons (Fsp3) is 0.385. The molecule has 2 aromatic carbocycles. The Morgan fingerprint density at radius 1 is 1.13 bits per heavy atom. The van der Waals surface area contributed by atoms with Crippen LogP contribution in [-0.4, -0.2) is 12.6 Å². The Kier molecular flexibility index (Phi) is 8.23. The summed E-state index contributed by atoms with van der Waals surface area (Å²) in [4.78, 5) is 12.2. The number of allylic oxidation sites excluding steroid dienone is 1. The maximum absolute atomic E-state index is 13.6. The van der Waals surface area contributed by atoms with E-state index >= 15 is 0 Å². The van der Waals surface area contributed by atoms with Gasteiger partial charge in [0.05, 0.1) is 11.1 Å². The number of carbonyl (C=O) groups excluding carboxylic acids is 1. The number of nitrogens with zero attached hydrogens (tertiary/aromatic N) is 1. The number of benzene rings is 2. The van der Waals surface area contributed by atoms with Crippen LogP contribution in [0.5, 0.6) is 11.5 Å². The van der Waals surface area contributed by atoms with Crippen LogP contribution in [-0.2, 0) is 0 Å². The second-order valence-electron chi connectivity index (χ2n) is 7.98. The molecule has 0 aliphatic heterocycles. The van der Waals surface area contributed by atoms with Crippen LogP contribution in [0.3, 0.4) is 0 Å². The number of carbonyl (C=O) groups is 1. The van der Waals surface area contributed by atoms with Crippen LogP contribution in [0.15, 0.2) is 54.6 Å². The largest absolute Gasteiger partial charge is 0.490 e. The molecule has 0 aromatic heterocycles. The zero-order valence-electron chi connectivity index (χ0n) is 17.9. The quantitative estimate of drug-likeness (QED) is 0.279. The van der Waals surface area contributed by atoms with Gasteiger partial charge in [-0.2, -0.15) is 5.26 Å². The normalized spacial score (nSPS) is 18.5. The lowest BCUT2D eigenvalue weighted by molar-refractivity contribution is 0.0734. The van der Waals surface area contributed by atoms with Crippen molar-refractivity contribution in [3.05, 3.63) is 71.6 Å². The molecule has 0 bridgehead atoms. The molecule has 1 aliphatic carbocycles. The summed E-state index contributed by atoms with van der Waals surface area (Å²) in [5, 5.41) is 8.75. The van der Waals surface area contributed by atoms with Crippen molar-refractivity contribution in [1.82, 2.24) is 0 Å². The number of esters is 1. The molecule has 0 N–H and O–H groups in total. The SMILES string of the molecule is CCC[C@H]1CC[C@H](C=CCOc2ccc(C(=O)Oc3ccc(C#N)c(F)c3)cc2)CC1. The molecule has 5 heteroatoms. The molecule has 1 aliphatic rings. The number of rotatable bonds is 8. The maximum Gasteiger partial charge on any atom is 0.343 e. The molecule has 0 unspecified atom stereocenters. The van der Waals surface area contributed by atoms with Gasteiger partial charge in [0.25, 0.3) is 0 Å². The third-order valence-corrected chi connectivity index (χ3v) is 5.70. The average molecular weight is 422 g/mol. The Bertz CT molecular complexity index is 938. The molecule has 1 fully saturated rings. The van der Waals surface area contributed by atoms with Crippen LogP contribution >= 0.6 is 0 Å². The van der Waals surface area contributed by atoms with Gasteiger partial charge in [-0.05, 0) is 73.9 Å². The monoisotopic (exact) mass is 421 g/mol. The molecule has 162 valence electrons. The topological polar surface area (TPSA) is 59.3 Å². The highest BCUT2D eigenvalue weighted by atomic mass is 19.1. The van der Waals surface area contributed by atoms with Gasteiger partial charge in [-0.15, -0.1) is 0 Å². The van der Waals surface area contributed by atoms with Crippen LogP contribution in [0.2, 0.25) is 0 Å². The first-order chi connectivity index (χ1) is 15.1. The summed E-state index contributed by atoms with van der Waals surface area (Å²) in [6.07, 6.45) is 12.2. The number of hydrogen-bond donors (Lipinski definition) is 0. The molecule has 0 spiro atoms.